The first-order valence-electron chi connectivity index (χ1n) is 6.57. The van der Waals surface area contributed by atoms with E-state index in [-0.39, 0.29) is 0 Å². The van der Waals surface area contributed by atoms with Crippen LogP contribution in [-0.2, 0) is 6.42 Å². The normalized spacial score (nSPS) is 12.4. The summed E-state index contributed by atoms with van der Waals surface area (Å²) in [5, 5.41) is 8.82. The van der Waals surface area contributed by atoms with E-state index < -0.39 is 0 Å². The van der Waals surface area contributed by atoms with Crippen molar-refractivity contribution in [3.8, 4) is 11.3 Å². The lowest BCUT2D eigenvalue weighted by Crippen LogP contribution is -2.17. The van der Waals surface area contributed by atoms with Crippen molar-refractivity contribution in [2.24, 2.45) is 0 Å². The number of thiazole rings is 1. The first-order valence-corrected chi connectivity index (χ1v) is 8.33. The minimum Gasteiger partial charge on any atom is -0.312 e. The van der Waals surface area contributed by atoms with E-state index in [2.05, 4.69) is 52.5 Å². The molecule has 0 aliphatic heterocycles. The maximum absolute atomic E-state index is 4.76. The molecule has 1 unspecified atom stereocenters. The van der Waals surface area contributed by atoms with Crippen LogP contribution >= 0.6 is 22.7 Å². The summed E-state index contributed by atoms with van der Waals surface area (Å²) in [5.74, 6) is 0. The molecule has 0 amide bonds. The number of benzene rings is 1. The maximum atomic E-state index is 4.76. The van der Waals surface area contributed by atoms with Gasteiger partial charge in [-0.3, -0.25) is 0 Å². The highest BCUT2D eigenvalue weighted by Crippen LogP contribution is 2.27. The molecule has 1 N–H and O–H groups in total. The van der Waals surface area contributed by atoms with Crippen molar-refractivity contribution in [1.82, 2.24) is 10.3 Å². The lowest BCUT2D eigenvalue weighted by Gasteiger charge is -2.12. The van der Waals surface area contributed by atoms with Gasteiger partial charge in [0.15, 0.2) is 0 Å². The first-order chi connectivity index (χ1) is 9.86. The Hall–Kier alpha value is -1.49. The maximum Gasteiger partial charge on any atom is 0.0951 e. The molecule has 3 aromatic rings. The van der Waals surface area contributed by atoms with Crippen LogP contribution in [-0.4, -0.2) is 12.0 Å². The van der Waals surface area contributed by atoms with E-state index in [0.29, 0.717) is 6.04 Å². The average Bonchev–Trinajstić information content (AvgIpc) is 3.17. The average molecular weight is 300 g/mol. The summed E-state index contributed by atoms with van der Waals surface area (Å²) in [6.45, 7) is 0. The van der Waals surface area contributed by atoms with Crippen molar-refractivity contribution in [3.05, 3.63) is 63.1 Å². The fourth-order valence-electron chi connectivity index (χ4n) is 2.16. The minimum absolute atomic E-state index is 0.352. The fourth-order valence-corrected chi connectivity index (χ4v) is 3.84. The molecule has 0 bridgehead atoms. The largest absolute Gasteiger partial charge is 0.312 e. The summed E-state index contributed by atoms with van der Waals surface area (Å²) in [4.78, 5) is 6.13. The number of rotatable bonds is 5. The van der Waals surface area contributed by atoms with Crippen molar-refractivity contribution < 1.29 is 0 Å². The lowest BCUT2D eigenvalue weighted by atomic mass is 10.1. The number of nitrogens with one attached hydrogen (secondary N) is 1. The van der Waals surface area contributed by atoms with Gasteiger partial charge in [0.25, 0.3) is 0 Å². The number of aromatic nitrogens is 1. The zero-order chi connectivity index (χ0) is 13.8. The van der Waals surface area contributed by atoms with E-state index in [0.717, 1.165) is 12.1 Å². The summed E-state index contributed by atoms with van der Waals surface area (Å²) < 4.78 is 0. The molecular formula is C16H16N2S2. The summed E-state index contributed by atoms with van der Waals surface area (Å²) in [6.07, 6.45) is 0.939. The predicted molar refractivity (Wildman–Crippen MR) is 87.4 cm³/mol. The number of thiophene rings is 1. The highest BCUT2D eigenvalue weighted by molar-refractivity contribution is 7.10. The van der Waals surface area contributed by atoms with Gasteiger partial charge >= 0.3 is 0 Å². The molecule has 1 aromatic carbocycles. The molecule has 20 heavy (non-hydrogen) atoms. The standard InChI is InChI=1S/C16H16N2S2/c1-17-13(15-8-5-9-19-15)10-16-18-14(11-20-16)12-6-3-2-4-7-12/h2-9,11,13,17H,10H2,1H3. The molecule has 0 saturated carbocycles. The van der Waals surface area contributed by atoms with Gasteiger partial charge in [-0.2, -0.15) is 0 Å². The number of likely N-dealkylation sites (N-methyl/N-ethyl adjacent to an activating group) is 1. The molecular weight excluding hydrogens is 284 g/mol. The molecule has 0 aliphatic carbocycles. The highest BCUT2D eigenvalue weighted by Gasteiger charge is 2.13. The van der Waals surface area contributed by atoms with Crippen molar-refractivity contribution in [2.75, 3.05) is 7.05 Å². The predicted octanol–water partition coefficient (Wildman–Crippen LogP) is 4.37. The van der Waals surface area contributed by atoms with Crippen LogP contribution < -0.4 is 5.32 Å². The first kappa shape index (κ1) is 13.5. The lowest BCUT2D eigenvalue weighted by molar-refractivity contribution is 0.600. The van der Waals surface area contributed by atoms with E-state index in [4.69, 9.17) is 4.98 Å². The van der Waals surface area contributed by atoms with Gasteiger partial charge in [-0.15, -0.1) is 22.7 Å². The van der Waals surface area contributed by atoms with Crippen molar-refractivity contribution in [1.29, 1.82) is 0 Å². The molecule has 4 heteroatoms. The third-order valence-electron chi connectivity index (χ3n) is 3.24. The Bertz CT molecular complexity index is 644. The van der Waals surface area contributed by atoms with E-state index in [9.17, 15) is 0 Å². The Morgan fingerprint density at radius 2 is 1.95 bits per heavy atom. The Labute approximate surface area is 127 Å². The highest BCUT2D eigenvalue weighted by atomic mass is 32.1. The molecule has 0 fully saturated rings. The Kier molecular flexibility index (Phi) is 4.25. The van der Waals surface area contributed by atoms with Gasteiger partial charge in [-0.1, -0.05) is 36.4 Å². The zero-order valence-electron chi connectivity index (χ0n) is 11.2. The molecule has 2 nitrogen and oxygen atoms in total. The number of hydrogen-bond donors (Lipinski definition) is 1. The van der Waals surface area contributed by atoms with E-state index in [1.165, 1.54) is 15.4 Å². The number of nitrogens with zero attached hydrogens (tertiary/aromatic N) is 1. The van der Waals surface area contributed by atoms with Crippen LogP contribution in [0.15, 0.2) is 53.2 Å². The molecule has 0 radical (unpaired) electrons. The topological polar surface area (TPSA) is 24.9 Å². The van der Waals surface area contributed by atoms with Crippen molar-refractivity contribution in [3.63, 3.8) is 0 Å². The SMILES string of the molecule is CNC(Cc1nc(-c2ccccc2)cs1)c1cccs1. The molecule has 2 heterocycles. The summed E-state index contributed by atoms with van der Waals surface area (Å²) in [6, 6.07) is 15.0. The molecule has 2 aromatic heterocycles. The molecule has 0 aliphatic rings. The molecule has 102 valence electrons. The van der Waals surface area contributed by atoms with Crippen LogP contribution in [0.3, 0.4) is 0 Å². The van der Waals surface area contributed by atoms with Crippen LogP contribution in [0.4, 0.5) is 0 Å². The fraction of sp³-hybridized carbons (Fsp3) is 0.188. The van der Waals surface area contributed by atoms with E-state index >= 15 is 0 Å². The van der Waals surface area contributed by atoms with E-state index in [1.54, 1.807) is 22.7 Å². The van der Waals surface area contributed by atoms with Gasteiger partial charge in [0, 0.05) is 28.3 Å². The van der Waals surface area contributed by atoms with Gasteiger partial charge in [0.05, 0.1) is 10.7 Å². The summed E-state index contributed by atoms with van der Waals surface area (Å²) >= 11 is 3.53. The summed E-state index contributed by atoms with van der Waals surface area (Å²) in [7, 11) is 2.01. The zero-order valence-corrected chi connectivity index (χ0v) is 12.9. The Morgan fingerprint density at radius 1 is 1.10 bits per heavy atom. The van der Waals surface area contributed by atoms with Gasteiger partial charge < -0.3 is 5.32 Å². The monoisotopic (exact) mass is 300 g/mol. The molecule has 0 spiro atoms. The second-order valence-electron chi connectivity index (χ2n) is 4.55. The van der Waals surface area contributed by atoms with Gasteiger partial charge in [-0.25, -0.2) is 4.98 Å². The number of hydrogen-bond acceptors (Lipinski definition) is 4. The van der Waals surface area contributed by atoms with Gasteiger partial charge in [0.1, 0.15) is 0 Å². The Balaban J connectivity index is 1.77. The van der Waals surface area contributed by atoms with Crippen LogP contribution in [0, 0.1) is 0 Å². The van der Waals surface area contributed by atoms with Crippen LogP contribution in [0.2, 0.25) is 0 Å². The Morgan fingerprint density at radius 3 is 2.65 bits per heavy atom. The minimum atomic E-state index is 0.352. The second-order valence-corrected chi connectivity index (χ2v) is 6.48. The molecule has 1 atom stereocenters. The quantitative estimate of drug-likeness (QED) is 0.756. The van der Waals surface area contributed by atoms with Gasteiger partial charge in [-0.05, 0) is 18.5 Å². The van der Waals surface area contributed by atoms with Crippen molar-refractivity contribution in [2.45, 2.75) is 12.5 Å². The molecule has 3 rings (SSSR count). The van der Waals surface area contributed by atoms with Crippen LogP contribution in [0.25, 0.3) is 11.3 Å². The van der Waals surface area contributed by atoms with Crippen LogP contribution in [0.1, 0.15) is 15.9 Å². The van der Waals surface area contributed by atoms with Crippen molar-refractivity contribution >= 4 is 22.7 Å². The smallest absolute Gasteiger partial charge is 0.0951 e. The molecule has 0 saturated heterocycles. The third kappa shape index (κ3) is 2.98. The van der Waals surface area contributed by atoms with E-state index in [1.807, 2.05) is 13.1 Å². The van der Waals surface area contributed by atoms with Gasteiger partial charge in [0.2, 0.25) is 0 Å². The second kappa shape index (κ2) is 6.31. The third-order valence-corrected chi connectivity index (χ3v) is 5.09. The van der Waals surface area contributed by atoms with Crippen LogP contribution in [0.5, 0.6) is 0 Å². The summed E-state index contributed by atoms with van der Waals surface area (Å²) in [5.41, 5.74) is 2.26.